The highest BCUT2D eigenvalue weighted by atomic mass is 32.2. The lowest BCUT2D eigenvalue weighted by molar-refractivity contribution is -0.174. The molecule has 4 N–H and O–H groups in total. The predicted molar refractivity (Wildman–Crippen MR) is 130 cm³/mol. The monoisotopic (exact) mass is 499 g/mol. The number of hydrogen-bond acceptors (Lipinski definition) is 5. The van der Waals surface area contributed by atoms with Crippen molar-refractivity contribution < 1.29 is 28.0 Å². The van der Waals surface area contributed by atoms with Crippen molar-refractivity contribution in [1.82, 2.24) is 5.32 Å². The highest BCUT2D eigenvalue weighted by Crippen LogP contribution is 2.68. The van der Waals surface area contributed by atoms with E-state index in [1.165, 1.54) is 6.42 Å². The summed E-state index contributed by atoms with van der Waals surface area (Å²) >= 11 is 0. The van der Waals surface area contributed by atoms with Gasteiger partial charge in [-0.2, -0.15) is 8.42 Å². The normalized spacial score (nSPS) is 45.1. The second kappa shape index (κ2) is 9.64. The molecular formula is C26H45NO6S. The van der Waals surface area contributed by atoms with Gasteiger partial charge in [0.1, 0.15) is 0 Å². The van der Waals surface area contributed by atoms with E-state index in [1.54, 1.807) is 0 Å². The van der Waals surface area contributed by atoms with Gasteiger partial charge >= 0.3 is 0 Å². The molecule has 0 aromatic rings. The number of fused-ring (bicyclic) bond motifs is 5. The summed E-state index contributed by atoms with van der Waals surface area (Å²) < 4.78 is 30.5. The SMILES string of the molecule is CC(CCC(=O)NCCS(=O)(=O)O)C1CC[C@H]2[C@@H]3[C@@H](O)C[C@@H]4CC(O)CC[C@]4(C)[C@H]3CC[C@]12C. The van der Waals surface area contributed by atoms with Gasteiger partial charge in [-0.1, -0.05) is 20.8 Å². The first kappa shape index (κ1) is 26.4. The fourth-order valence-electron chi connectivity index (χ4n) is 9.14. The van der Waals surface area contributed by atoms with Crippen LogP contribution in [0, 0.1) is 46.3 Å². The van der Waals surface area contributed by atoms with Gasteiger partial charge in [-0.25, -0.2) is 0 Å². The minimum Gasteiger partial charge on any atom is -0.393 e. The molecule has 4 aliphatic carbocycles. The molecule has 0 aliphatic heterocycles. The Balaban J connectivity index is 1.39. The number of amides is 1. The van der Waals surface area contributed by atoms with Crippen LogP contribution in [-0.4, -0.2) is 53.6 Å². The van der Waals surface area contributed by atoms with Crippen molar-refractivity contribution in [3.8, 4) is 0 Å². The summed E-state index contributed by atoms with van der Waals surface area (Å²) in [5.41, 5.74) is 0.411. The highest BCUT2D eigenvalue weighted by molar-refractivity contribution is 7.85. The van der Waals surface area contributed by atoms with E-state index in [1.807, 2.05) is 0 Å². The zero-order valence-corrected chi connectivity index (χ0v) is 21.9. The quantitative estimate of drug-likeness (QED) is 0.398. The summed E-state index contributed by atoms with van der Waals surface area (Å²) in [7, 11) is -4.06. The molecule has 0 bridgehead atoms. The van der Waals surface area contributed by atoms with Crippen LogP contribution in [-0.2, 0) is 14.9 Å². The number of hydrogen-bond donors (Lipinski definition) is 4. The molecule has 3 unspecified atom stereocenters. The van der Waals surface area contributed by atoms with E-state index >= 15 is 0 Å². The van der Waals surface area contributed by atoms with Gasteiger partial charge in [0.2, 0.25) is 5.91 Å². The maximum Gasteiger partial charge on any atom is 0.266 e. The van der Waals surface area contributed by atoms with Crippen molar-refractivity contribution in [2.24, 2.45) is 46.3 Å². The molecule has 0 radical (unpaired) electrons. The van der Waals surface area contributed by atoms with Gasteiger partial charge in [0.25, 0.3) is 10.1 Å². The Morgan fingerprint density at radius 2 is 1.71 bits per heavy atom. The van der Waals surface area contributed by atoms with Crippen LogP contribution in [0.2, 0.25) is 0 Å². The van der Waals surface area contributed by atoms with Crippen molar-refractivity contribution in [1.29, 1.82) is 0 Å². The standard InChI is InChI=1S/C26H45NO6S/c1-16(4-7-23(30)27-12-13-34(31,32)33)19-5-6-20-24-21(9-11-26(19,20)3)25(2)10-8-18(28)14-17(25)15-22(24)29/h16-22,24,28-29H,4-15H2,1-3H3,(H,27,30)(H,31,32,33)/t16?,17-,18?,19?,20-,21-,22-,24-,25-,26+/m0/s1. The Morgan fingerprint density at radius 1 is 1.03 bits per heavy atom. The van der Waals surface area contributed by atoms with Gasteiger partial charge in [-0.3, -0.25) is 9.35 Å². The summed E-state index contributed by atoms with van der Waals surface area (Å²) in [6.07, 6.45) is 8.87. The Morgan fingerprint density at radius 3 is 2.41 bits per heavy atom. The molecule has 10 atom stereocenters. The average Bonchev–Trinajstić information content (AvgIpc) is 3.09. The molecule has 34 heavy (non-hydrogen) atoms. The van der Waals surface area contributed by atoms with Gasteiger partial charge in [0.15, 0.2) is 0 Å². The van der Waals surface area contributed by atoms with Crippen LogP contribution in [0.1, 0.15) is 85.0 Å². The van der Waals surface area contributed by atoms with Crippen molar-refractivity contribution in [3.05, 3.63) is 0 Å². The molecule has 0 spiro atoms. The largest absolute Gasteiger partial charge is 0.393 e. The van der Waals surface area contributed by atoms with Crippen LogP contribution in [0.3, 0.4) is 0 Å². The van der Waals surface area contributed by atoms with E-state index < -0.39 is 15.9 Å². The van der Waals surface area contributed by atoms with Crippen LogP contribution >= 0.6 is 0 Å². The predicted octanol–water partition coefficient (Wildman–Crippen LogP) is 3.40. The average molecular weight is 500 g/mol. The van der Waals surface area contributed by atoms with Crippen LogP contribution < -0.4 is 5.32 Å². The summed E-state index contributed by atoms with van der Waals surface area (Å²) in [6.45, 7) is 7.05. The minimum atomic E-state index is -4.06. The molecule has 0 aromatic carbocycles. The number of carbonyl (C=O) groups excluding carboxylic acids is 1. The molecule has 4 aliphatic rings. The van der Waals surface area contributed by atoms with Crippen LogP contribution in [0.4, 0.5) is 0 Å². The van der Waals surface area contributed by atoms with Gasteiger partial charge in [-0.05, 0) is 104 Å². The first-order valence-electron chi connectivity index (χ1n) is 13.4. The lowest BCUT2D eigenvalue weighted by Gasteiger charge is -2.62. The van der Waals surface area contributed by atoms with Gasteiger partial charge in [0, 0.05) is 13.0 Å². The Kier molecular flexibility index (Phi) is 7.47. The van der Waals surface area contributed by atoms with Crippen LogP contribution in [0.25, 0.3) is 0 Å². The summed E-state index contributed by atoms with van der Waals surface area (Å²) in [6, 6.07) is 0. The van der Waals surface area contributed by atoms with Crippen LogP contribution in [0.15, 0.2) is 0 Å². The van der Waals surface area contributed by atoms with Crippen molar-refractivity contribution in [2.45, 2.75) is 97.2 Å². The van der Waals surface area contributed by atoms with Gasteiger partial charge in [-0.15, -0.1) is 0 Å². The highest BCUT2D eigenvalue weighted by Gasteiger charge is 2.62. The molecular weight excluding hydrogens is 454 g/mol. The molecule has 8 heteroatoms. The molecule has 196 valence electrons. The second-order valence-electron chi connectivity index (χ2n) is 12.6. The van der Waals surface area contributed by atoms with Gasteiger partial charge in [0.05, 0.1) is 18.0 Å². The number of aliphatic hydroxyl groups excluding tert-OH is 2. The Labute approximate surface area is 205 Å². The Hall–Kier alpha value is -0.700. The Bertz CT molecular complexity index is 863. The molecule has 0 saturated heterocycles. The molecule has 4 rings (SSSR count). The molecule has 4 fully saturated rings. The van der Waals surface area contributed by atoms with Crippen molar-refractivity contribution >= 4 is 16.0 Å². The molecule has 7 nitrogen and oxygen atoms in total. The first-order valence-corrected chi connectivity index (χ1v) is 15.0. The topological polar surface area (TPSA) is 124 Å². The third kappa shape index (κ3) is 4.94. The number of rotatable bonds is 7. The number of nitrogens with one attached hydrogen (secondary N) is 1. The maximum absolute atomic E-state index is 12.2. The van der Waals surface area contributed by atoms with Crippen LogP contribution in [0.5, 0.6) is 0 Å². The second-order valence-corrected chi connectivity index (χ2v) is 14.2. The number of carbonyl (C=O) groups is 1. The maximum atomic E-state index is 12.2. The molecule has 1 amide bonds. The van der Waals surface area contributed by atoms with E-state index in [0.717, 1.165) is 51.4 Å². The fourth-order valence-corrected chi connectivity index (χ4v) is 9.50. The van der Waals surface area contributed by atoms with Crippen molar-refractivity contribution in [2.75, 3.05) is 12.3 Å². The third-order valence-electron chi connectivity index (χ3n) is 10.9. The smallest absolute Gasteiger partial charge is 0.266 e. The van der Waals surface area contributed by atoms with E-state index in [-0.39, 0.29) is 35.5 Å². The van der Waals surface area contributed by atoms with E-state index in [9.17, 15) is 23.4 Å². The summed E-state index contributed by atoms with van der Waals surface area (Å²) in [5, 5.41) is 24.2. The molecule has 0 aromatic heterocycles. The van der Waals surface area contributed by atoms with E-state index in [2.05, 4.69) is 26.1 Å². The summed E-state index contributed by atoms with van der Waals surface area (Å²) in [5.74, 6) is 2.10. The summed E-state index contributed by atoms with van der Waals surface area (Å²) in [4.78, 5) is 12.2. The number of aliphatic hydroxyl groups is 2. The van der Waals surface area contributed by atoms with E-state index in [4.69, 9.17) is 4.55 Å². The third-order valence-corrected chi connectivity index (χ3v) is 11.6. The lowest BCUT2D eigenvalue weighted by Crippen LogP contribution is -2.58. The zero-order chi connectivity index (χ0) is 24.9. The molecule has 4 saturated carbocycles. The zero-order valence-electron chi connectivity index (χ0n) is 21.1. The van der Waals surface area contributed by atoms with Gasteiger partial charge < -0.3 is 15.5 Å². The minimum absolute atomic E-state index is 0.0625. The van der Waals surface area contributed by atoms with E-state index in [0.29, 0.717) is 41.9 Å². The van der Waals surface area contributed by atoms with Crippen molar-refractivity contribution in [3.63, 3.8) is 0 Å². The lowest BCUT2D eigenvalue weighted by atomic mass is 9.43. The fraction of sp³-hybridized carbons (Fsp3) is 0.962. The first-order chi connectivity index (χ1) is 15.8. The molecule has 0 heterocycles.